The molecule has 11 heavy (non-hydrogen) atoms. The summed E-state index contributed by atoms with van der Waals surface area (Å²) in [5.74, 6) is 0.787. The van der Waals surface area contributed by atoms with E-state index in [9.17, 15) is 4.79 Å². The van der Waals surface area contributed by atoms with Gasteiger partial charge in [-0.1, -0.05) is 13.8 Å². The Hall–Kier alpha value is -0.240. The van der Waals surface area contributed by atoms with Crippen LogP contribution in [0.5, 0.6) is 0 Å². The maximum absolute atomic E-state index is 11.1. The first-order valence-corrected chi connectivity index (χ1v) is 4.45. The molecular weight excluding hydrogens is 164 g/mol. The summed E-state index contributed by atoms with van der Waals surface area (Å²) in [6.07, 6.45) is 0.747. The van der Waals surface area contributed by atoms with Crippen molar-refractivity contribution in [3.8, 4) is 0 Å². The molecule has 0 aromatic heterocycles. The van der Waals surface area contributed by atoms with Crippen molar-refractivity contribution in [2.24, 2.45) is 11.8 Å². The predicted molar refractivity (Wildman–Crippen MR) is 43.5 cm³/mol. The molecule has 0 N–H and O–H groups in total. The molecule has 1 aliphatic heterocycles. The Morgan fingerprint density at radius 3 is 2.64 bits per heavy atom. The summed E-state index contributed by atoms with van der Waals surface area (Å²) in [6, 6.07) is 0. The summed E-state index contributed by atoms with van der Waals surface area (Å²) in [5, 5.41) is 0. The van der Waals surface area contributed by atoms with Gasteiger partial charge < -0.3 is 4.74 Å². The number of carbonyl (C=O) groups is 1. The molecule has 1 aliphatic rings. The van der Waals surface area contributed by atoms with Gasteiger partial charge in [0.15, 0.2) is 0 Å². The fraction of sp³-hybridized carbons (Fsp3) is 0.875. The van der Waals surface area contributed by atoms with Crippen LogP contribution < -0.4 is 0 Å². The van der Waals surface area contributed by atoms with Gasteiger partial charge in [-0.3, -0.25) is 4.79 Å². The Morgan fingerprint density at radius 1 is 1.73 bits per heavy atom. The zero-order valence-corrected chi connectivity index (χ0v) is 7.60. The van der Waals surface area contributed by atoms with Gasteiger partial charge in [0.2, 0.25) is 0 Å². The Morgan fingerprint density at radius 2 is 2.36 bits per heavy atom. The number of alkyl halides is 1. The number of hydrogen-bond acceptors (Lipinski definition) is 2. The molecule has 0 aromatic rings. The third-order valence-electron chi connectivity index (χ3n) is 2.08. The number of hydrogen-bond donors (Lipinski definition) is 0. The highest BCUT2D eigenvalue weighted by atomic mass is 35.5. The first kappa shape index (κ1) is 8.85. The lowest BCUT2D eigenvalue weighted by Crippen LogP contribution is -2.13. The molecule has 0 saturated carbocycles. The van der Waals surface area contributed by atoms with E-state index in [2.05, 4.69) is 0 Å². The molecular formula is C8H13ClO2. The van der Waals surface area contributed by atoms with Crippen molar-refractivity contribution in [2.75, 3.05) is 5.88 Å². The Kier molecular flexibility index (Phi) is 2.77. The average molecular weight is 177 g/mol. The highest BCUT2D eigenvalue weighted by Gasteiger charge is 2.35. The molecule has 2 atom stereocenters. The van der Waals surface area contributed by atoms with Crippen LogP contribution in [0.25, 0.3) is 0 Å². The second-order valence-electron chi connectivity index (χ2n) is 3.30. The van der Waals surface area contributed by atoms with Gasteiger partial charge in [-0.25, -0.2) is 0 Å². The Bertz CT molecular complexity index is 156. The third kappa shape index (κ3) is 1.86. The molecule has 1 heterocycles. The van der Waals surface area contributed by atoms with Gasteiger partial charge >= 0.3 is 5.97 Å². The van der Waals surface area contributed by atoms with E-state index >= 15 is 0 Å². The van der Waals surface area contributed by atoms with E-state index in [1.54, 1.807) is 0 Å². The van der Waals surface area contributed by atoms with Gasteiger partial charge in [0.05, 0.1) is 11.8 Å². The van der Waals surface area contributed by atoms with Crippen LogP contribution in [0.15, 0.2) is 0 Å². The lowest BCUT2D eigenvalue weighted by atomic mass is 9.93. The Labute approximate surface area is 71.9 Å². The van der Waals surface area contributed by atoms with Crippen LogP contribution in [0, 0.1) is 11.8 Å². The molecule has 3 heteroatoms. The number of esters is 1. The van der Waals surface area contributed by atoms with Crippen molar-refractivity contribution in [1.29, 1.82) is 0 Å². The van der Waals surface area contributed by atoms with Crippen molar-refractivity contribution in [3.05, 3.63) is 0 Å². The molecule has 1 fully saturated rings. The quantitative estimate of drug-likeness (QED) is 0.474. The van der Waals surface area contributed by atoms with E-state index in [4.69, 9.17) is 16.3 Å². The second kappa shape index (κ2) is 3.44. The lowest BCUT2D eigenvalue weighted by Gasteiger charge is -2.07. The SMILES string of the molecule is CC(C)C1CC(CCl)OC1=O. The second-order valence-corrected chi connectivity index (χ2v) is 3.61. The van der Waals surface area contributed by atoms with Crippen molar-refractivity contribution >= 4 is 17.6 Å². The van der Waals surface area contributed by atoms with Gasteiger partial charge in [0, 0.05) is 0 Å². The maximum atomic E-state index is 11.1. The summed E-state index contributed by atoms with van der Waals surface area (Å²) >= 11 is 5.57. The van der Waals surface area contributed by atoms with Gasteiger partial charge in [-0.05, 0) is 12.3 Å². The maximum Gasteiger partial charge on any atom is 0.309 e. The first-order valence-electron chi connectivity index (χ1n) is 3.91. The van der Waals surface area contributed by atoms with E-state index in [0.29, 0.717) is 11.8 Å². The van der Waals surface area contributed by atoms with Gasteiger partial charge in [-0.2, -0.15) is 0 Å². The average Bonchev–Trinajstić information content (AvgIpc) is 2.30. The smallest absolute Gasteiger partial charge is 0.309 e. The minimum Gasteiger partial charge on any atom is -0.461 e. The first-order chi connectivity index (χ1) is 5.15. The molecule has 0 radical (unpaired) electrons. The van der Waals surface area contributed by atoms with Crippen molar-refractivity contribution < 1.29 is 9.53 Å². The standard InChI is InChI=1S/C8H13ClO2/c1-5(2)7-3-6(4-9)11-8(7)10/h5-7H,3-4H2,1-2H3. The molecule has 0 spiro atoms. The number of rotatable bonds is 2. The predicted octanol–water partition coefficient (Wildman–Crippen LogP) is 1.81. The number of cyclic esters (lactones) is 1. The number of halogens is 1. The highest BCUT2D eigenvalue weighted by Crippen LogP contribution is 2.27. The van der Waals surface area contributed by atoms with E-state index in [1.165, 1.54) is 0 Å². The Balaban J connectivity index is 2.52. The highest BCUT2D eigenvalue weighted by molar-refractivity contribution is 6.18. The molecule has 2 nitrogen and oxygen atoms in total. The third-order valence-corrected chi connectivity index (χ3v) is 2.42. The van der Waals surface area contributed by atoms with Crippen LogP contribution >= 0.6 is 11.6 Å². The van der Waals surface area contributed by atoms with Crippen molar-refractivity contribution in [3.63, 3.8) is 0 Å². The molecule has 1 rings (SSSR count). The summed E-state index contributed by atoms with van der Waals surface area (Å²) in [6.45, 7) is 4.06. The molecule has 64 valence electrons. The van der Waals surface area contributed by atoms with Gasteiger partial charge in [0.1, 0.15) is 6.10 Å². The fourth-order valence-electron chi connectivity index (χ4n) is 1.32. The van der Waals surface area contributed by atoms with Gasteiger partial charge in [-0.15, -0.1) is 11.6 Å². The number of ether oxygens (including phenoxy) is 1. The van der Waals surface area contributed by atoms with Crippen molar-refractivity contribution in [1.82, 2.24) is 0 Å². The minimum absolute atomic E-state index is 0.0448. The van der Waals surface area contributed by atoms with Crippen LogP contribution in [0.1, 0.15) is 20.3 Å². The molecule has 0 aliphatic carbocycles. The largest absolute Gasteiger partial charge is 0.461 e. The van der Waals surface area contributed by atoms with Crippen LogP contribution in [0.4, 0.5) is 0 Å². The fourth-order valence-corrected chi connectivity index (χ4v) is 1.51. The summed E-state index contributed by atoms with van der Waals surface area (Å²) < 4.78 is 5.01. The van der Waals surface area contributed by atoms with Gasteiger partial charge in [0.25, 0.3) is 0 Å². The lowest BCUT2D eigenvalue weighted by molar-refractivity contribution is -0.144. The summed E-state index contributed by atoms with van der Waals surface area (Å²) in [4.78, 5) is 11.1. The summed E-state index contributed by atoms with van der Waals surface area (Å²) in [7, 11) is 0. The van der Waals surface area contributed by atoms with Crippen LogP contribution in [-0.4, -0.2) is 18.0 Å². The molecule has 2 unspecified atom stereocenters. The van der Waals surface area contributed by atoms with E-state index in [-0.39, 0.29) is 18.0 Å². The van der Waals surface area contributed by atoms with E-state index in [1.807, 2.05) is 13.8 Å². The van der Waals surface area contributed by atoms with Crippen LogP contribution in [0.3, 0.4) is 0 Å². The molecule has 0 aromatic carbocycles. The molecule has 1 saturated heterocycles. The van der Waals surface area contributed by atoms with Crippen LogP contribution in [-0.2, 0) is 9.53 Å². The molecule has 0 amide bonds. The van der Waals surface area contributed by atoms with Crippen molar-refractivity contribution in [2.45, 2.75) is 26.4 Å². The summed E-state index contributed by atoms with van der Waals surface area (Å²) in [5.41, 5.74) is 0. The minimum atomic E-state index is -0.0781. The zero-order chi connectivity index (χ0) is 8.43. The van der Waals surface area contributed by atoms with E-state index in [0.717, 1.165) is 6.42 Å². The normalized spacial score (nSPS) is 31.1. The van der Waals surface area contributed by atoms with Crippen LogP contribution in [0.2, 0.25) is 0 Å². The van der Waals surface area contributed by atoms with E-state index < -0.39 is 0 Å². The topological polar surface area (TPSA) is 26.3 Å². The monoisotopic (exact) mass is 176 g/mol. The number of carbonyl (C=O) groups excluding carboxylic acids is 1. The zero-order valence-electron chi connectivity index (χ0n) is 6.84. The molecule has 0 bridgehead atoms.